The largest absolute Gasteiger partial charge is 0.495 e. The van der Waals surface area contributed by atoms with Gasteiger partial charge in [0.25, 0.3) is 0 Å². The highest BCUT2D eigenvalue weighted by Gasteiger charge is 2.41. The normalized spacial score (nSPS) is 20.1. The van der Waals surface area contributed by atoms with Gasteiger partial charge in [0, 0.05) is 50.6 Å². The van der Waals surface area contributed by atoms with E-state index in [1.807, 2.05) is 18.2 Å². The fraction of sp³-hybridized carbons (Fsp3) is 0.458. The molecule has 1 saturated heterocycles. The standard InChI is InChI=1S/C24H30ClN3O3/c1-30-13-5-10-26-24(29)19-14-17-6-3-4-7-20(17)28-12-11-27(16-22(19)28)21-15-18(25)8-9-23(21)31-2/h3-4,6-9,15,19,22H,5,10-14,16H2,1-2H3,(H,26,29)/t19-,22+/m1/s1. The van der Waals surface area contributed by atoms with Gasteiger partial charge in [-0.1, -0.05) is 29.8 Å². The maximum Gasteiger partial charge on any atom is 0.225 e. The van der Waals surface area contributed by atoms with Crippen molar-refractivity contribution in [2.24, 2.45) is 5.92 Å². The van der Waals surface area contributed by atoms with Crippen LogP contribution >= 0.6 is 11.6 Å². The Labute approximate surface area is 189 Å². The van der Waals surface area contributed by atoms with Crippen LogP contribution in [0.3, 0.4) is 0 Å². The molecular formula is C24H30ClN3O3. The molecule has 0 bridgehead atoms. The summed E-state index contributed by atoms with van der Waals surface area (Å²) in [6.45, 7) is 3.69. The summed E-state index contributed by atoms with van der Waals surface area (Å²) in [4.78, 5) is 17.9. The molecule has 1 fully saturated rings. The van der Waals surface area contributed by atoms with E-state index in [-0.39, 0.29) is 17.9 Å². The van der Waals surface area contributed by atoms with E-state index in [2.05, 4.69) is 39.4 Å². The van der Waals surface area contributed by atoms with Gasteiger partial charge < -0.3 is 24.6 Å². The third kappa shape index (κ3) is 4.60. The Morgan fingerprint density at radius 2 is 2.00 bits per heavy atom. The number of nitrogens with one attached hydrogen (secondary N) is 1. The molecule has 2 aliphatic heterocycles. The molecule has 0 saturated carbocycles. The molecule has 6 nitrogen and oxygen atoms in total. The van der Waals surface area contributed by atoms with Crippen LogP contribution in [0.15, 0.2) is 42.5 Å². The lowest BCUT2D eigenvalue weighted by Gasteiger charge is -2.49. The zero-order chi connectivity index (χ0) is 21.8. The highest BCUT2D eigenvalue weighted by atomic mass is 35.5. The number of piperazine rings is 1. The number of methoxy groups -OCH3 is 2. The summed E-state index contributed by atoms with van der Waals surface area (Å²) in [6, 6.07) is 14.2. The van der Waals surface area contributed by atoms with Crippen molar-refractivity contribution in [1.82, 2.24) is 5.32 Å². The number of halogens is 1. The number of anilines is 2. The van der Waals surface area contributed by atoms with E-state index in [0.717, 1.165) is 43.9 Å². The Bertz CT molecular complexity index is 923. The lowest BCUT2D eigenvalue weighted by molar-refractivity contribution is -0.125. The van der Waals surface area contributed by atoms with Gasteiger partial charge in [-0.2, -0.15) is 0 Å². The second kappa shape index (κ2) is 9.79. The fourth-order valence-electron chi connectivity index (χ4n) is 4.75. The zero-order valence-corrected chi connectivity index (χ0v) is 18.9. The minimum Gasteiger partial charge on any atom is -0.495 e. The molecule has 0 unspecified atom stereocenters. The lowest BCUT2D eigenvalue weighted by atomic mass is 9.83. The summed E-state index contributed by atoms with van der Waals surface area (Å²) >= 11 is 6.29. The Morgan fingerprint density at radius 1 is 1.16 bits per heavy atom. The first-order valence-corrected chi connectivity index (χ1v) is 11.2. The summed E-state index contributed by atoms with van der Waals surface area (Å²) in [7, 11) is 3.36. The minimum absolute atomic E-state index is 0.0785. The van der Waals surface area contributed by atoms with Gasteiger partial charge in [-0.25, -0.2) is 0 Å². The number of ether oxygens (including phenoxy) is 2. The molecule has 7 heteroatoms. The van der Waals surface area contributed by atoms with Crippen molar-refractivity contribution in [1.29, 1.82) is 0 Å². The Morgan fingerprint density at radius 3 is 2.81 bits per heavy atom. The number of carbonyl (C=O) groups is 1. The summed E-state index contributed by atoms with van der Waals surface area (Å²) < 4.78 is 10.7. The predicted molar refractivity (Wildman–Crippen MR) is 124 cm³/mol. The van der Waals surface area contributed by atoms with E-state index in [4.69, 9.17) is 21.1 Å². The molecule has 2 heterocycles. The summed E-state index contributed by atoms with van der Waals surface area (Å²) in [5.74, 6) is 0.792. The number of rotatable bonds is 7. The van der Waals surface area contributed by atoms with E-state index in [1.165, 1.54) is 11.3 Å². The van der Waals surface area contributed by atoms with Crippen LogP contribution < -0.4 is 19.9 Å². The number of fused-ring (bicyclic) bond motifs is 3. The molecule has 0 aliphatic carbocycles. The van der Waals surface area contributed by atoms with Gasteiger partial charge >= 0.3 is 0 Å². The van der Waals surface area contributed by atoms with E-state index in [1.54, 1.807) is 14.2 Å². The van der Waals surface area contributed by atoms with Crippen LogP contribution in [0.4, 0.5) is 11.4 Å². The van der Waals surface area contributed by atoms with Crippen LogP contribution in [-0.4, -0.2) is 59.0 Å². The number of para-hydroxylation sites is 1. The van der Waals surface area contributed by atoms with E-state index >= 15 is 0 Å². The quantitative estimate of drug-likeness (QED) is 0.665. The number of carbonyl (C=O) groups excluding carboxylic acids is 1. The Kier molecular flexibility index (Phi) is 6.88. The first-order valence-electron chi connectivity index (χ1n) is 10.8. The van der Waals surface area contributed by atoms with Gasteiger partial charge in [0.1, 0.15) is 5.75 Å². The third-order valence-electron chi connectivity index (χ3n) is 6.27. The zero-order valence-electron chi connectivity index (χ0n) is 18.1. The van der Waals surface area contributed by atoms with Crippen LogP contribution in [0.2, 0.25) is 5.02 Å². The summed E-state index contributed by atoms with van der Waals surface area (Å²) in [5.41, 5.74) is 3.46. The van der Waals surface area contributed by atoms with E-state index in [9.17, 15) is 4.79 Å². The van der Waals surface area contributed by atoms with Crippen LogP contribution in [0.5, 0.6) is 5.75 Å². The molecule has 2 aliphatic rings. The third-order valence-corrected chi connectivity index (χ3v) is 6.50. The second-order valence-corrected chi connectivity index (χ2v) is 8.54. The molecule has 4 rings (SSSR count). The molecule has 0 aromatic heterocycles. The van der Waals surface area contributed by atoms with Crippen molar-refractivity contribution in [2.75, 3.05) is 56.8 Å². The number of nitrogens with zero attached hydrogens (tertiary/aromatic N) is 2. The number of hydrogen-bond acceptors (Lipinski definition) is 5. The van der Waals surface area contributed by atoms with E-state index in [0.29, 0.717) is 18.2 Å². The maximum atomic E-state index is 13.2. The smallest absolute Gasteiger partial charge is 0.225 e. The molecule has 0 spiro atoms. The monoisotopic (exact) mass is 443 g/mol. The molecule has 2 aromatic carbocycles. The van der Waals surface area contributed by atoms with Gasteiger partial charge in [-0.3, -0.25) is 4.79 Å². The molecule has 2 atom stereocenters. The first kappa shape index (κ1) is 21.8. The molecular weight excluding hydrogens is 414 g/mol. The van der Waals surface area contributed by atoms with Gasteiger partial charge in [-0.05, 0) is 42.7 Å². The minimum atomic E-state index is -0.120. The Hall–Kier alpha value is -2.44. The number of amides is 1. The number of hydrogen-bond donors (Lipinski definition) is 1. The number of benzene rings is 2. The maximum absolute atomic E-state index is 13.2. The molecule has 1 N–H and O–H groups in total. The van der Waals surface area contributed by atoms with Crippen LogP contribution in [-0.2, 0) is 16.0 Å². The molecule has 0 radical (unpaired) electrons. The molecule has 31 heavy (non-hydrogen) atoms. The van der Waals surface area contributed by atoms with Gasteiger partial charge in [0.15, 0.2) is 0 Å². The first-order chi connectivity index (χ1) is 15.1. The van der Waals surface area contributed by atoms with Crippen LogP contribution in [0.1, 0.15) is 12.0 Å². The van der Waals surface area contributed by atoms with Crippen molar-refractivity contribution in [3.8, 4) is 5.75 Å². The van der Waals surface area contributed by atoms with Crippen LogP contribution in [0, 0.1) is 5.92 Å². The van der Waals surface area contributed by atoms with E-state index < -0.39 is 0 Å². The molecule has 166 valence electrons. The fourth-order valence-corrected chi connectivity index (χ4v) is 4.91. The van der Waals surface area contributed by atoms with Crippen molar-refractivity contribution in [2.45, 2.75) is 18.9 Å². The van der Waals surface area contributed by atoms with Gasteiger partial charge in [0.2, 0.25) is 5.91 Å². The summed E-state index contributed by atoms with van der Waals surface area (Å²) in [6.07, 6.45) is 1.56. The topological polar surface area (TPSA) is 54.0 Å². The SMILES string of the molecule is COCCCNC(=O)[C@@H]1Cc2ccccc2N2CCN(c3cc(Cl)ccc3OC)C[C@@H]12. The summed E-state index contributed by atoms with van der Waals surface area (Å²) in [5, 5.41) is 3.81. The second-order valence-electron chi connectivity index (χ2n) is 8.10. The van der Waals surface area contributed by atoms with Gasteiger partial charge in [0.05, 0.1) is 24.8 Å². The van der Waals surface area contributed by atoms with Crippen molar-refractivity contribution in [3.63, 3.8) is 0 Å². The van der Waals surface area contributed by atoms with Crippen molar-refractivity contribution >= 4 is 28.9 Å². The van der Waals surface area contributed by atoms with Gasteiger partial charge in [-0.15, -0.1) is 0 Å². The molecule has 1 amide bonds. The average molecular weight is 444 g/mol. The van der Waals surface area contributed by atoms with Crippen LogP contribution in [0.25, 0.3) is 0 Å². The van der Waals surface area contributed by atoms with Crippen molar-refractivity contribution < 1.29 is 14.3 Å². The highest BCUT2D eigenvalue weighted by Crippen LogP contribution is 2.39. The van der Waals surface area contributed by atoms with Crippen molar-refractivity contribution in [3.05, 3.63) is 53.1 Å². The predicted octanol–water partition coefficient (Wildman–Crippen LogP) is 3.37. The highest BCUT2D eigenvalue weighted by molar-refractivity contribution is 6.30. The Balaban J connectivity index is 1.60. The lowest BCUT2D eigenvalue weighted by Crippen LogP contribution is -2.61. The average Bonchev–Trinajstić information content (AvgIpc) is 2.80. The molecule has 2 aromatic rings.